The number of hydrogen-bond acceptors (Lipinski definition) is 2. The van der Waals surface area contributed by atoms with E-state index in [2.05, 4.69) is 16.3 Å². The first-order chi connectivity index (χ1) is 11.7. The van der Waals surface area contributed by atoms with Gasteiger partial charge in [-0.15, -0.1) is 0 Å². The second kappa shape index (κ2) is 5.58. The van der Waals surface area contributed by atoms with Crippen LogP contribution in [0.15, 0.2) is 23.0 Å². The fraction of sp³-hybridized carbons (Fsp3) is 0.684. The van der Waals surface area contributed by atoms with E-state index in [0.29, 0.717) is 17.9 Å². The number of fused-ring (bicyclic) bond motifs is 6. The standard InChI is InChI=1S/C19H25N3OS/c23-18-3-1-2-17-15-7-13(10-22(17)18)9-21(11-15)19(24)20-16-8-12-4-5-14(16)6-12/h1-3,12-16H,4-11H2,(H,20,24)/t12-,13-,14+,15+,16-/m0/s1. The molecule has 128 valence electrons. The summed E-state index contributed by atoms with van der Waals surface area (Å²) in [6.45, 7) is 2.79. The van der Waals surface area contributed by atoms with Crippen LogP contribution in [0.1, 0.15) is 43.7 Å². The van der Waals surface area contributed by atoms with E-state index < -0.39 is 0 Å². The highest BCUT2D eigenvalue weighted by Crippen LogP contribution is 2.44. The number of hydrogen-bond donors (Lipinski definition) is 1. The van der Waals surface area contributed by atoms with E-state index in [0.717, 1.165) is 36.6 Å². The molecule has 1 saturated heterocycles. The Kier molecular flexibility index (Phi) is 3.47. The molecule has 5 atom stereocenters. The zero-order valence-corrected chi connectivity index (χ0v) is 14.8. The third-order valence-electron chi connectivity index (χ3n) is 6.81. The lowest BCUT2D eigenvalue weighted by molar-refractivity contribution is 0.175. The Hall–Kier alpha value is -1.36. The molecule has 2 saturated carbocycles. The number of thiocarbonyl (C=S) groups is 1. The first-order valence-corrected chi connectivity index (χ1v) is 9.83. The van der Waals surface area contributed by atoms with Gasteiger partial charge in [-0.2, -0.15) is 0 Å². The Morgan fingerprint density at radius 2 is 2.00 bits per heavy atom. The van der Waals surface area contributed by atoms with E-state index in [4.69, 9.17) is 12.2 Å². The molecular weight excluding hydrogens is 318 g/mol. The van der Waals surface area contributed by atoms with E-state index in [1.54, 1.807) is 6.07 Å². The molecule has 2 aliphatic heterocycles. The van der Waals surface area contributed by atoms with Gasteiger partial charge >= 0.3 is 0 Å². The zero-order chi connectivity index (χ0) is 16.3. The molecule has 3 heterocycles. The summed E-state index contributed by atoms with van der Waals surface area (Å²) in [7, 11) is 0. The van der Waals surface area contributed by atoms with Crippen molar-refractivity contribution in [3.63, 3.8) is 0 Å². The van der Waals surface area contributed by atoms with Gasteiger partial charge in [0.1, 0.15) is 0 Å². The van der Waals surface area contributed by atoms with Crippen LogP contribution in [-0.4, -0.2) is 33.7 Å². The van der Waals surface area contributed by atoms with E-state index in [1.165, 1.54) is 37.8 Å². The molecule has 1 aromatic heterocycles. The van der Waals surface area contributed by atoms with Crippen LogP contribution < -0.4 is 10.9 Å². The first kappa shape index (κ1) is 14.9. The SMILES string of the molecule is O=c1cccc2n1C[C@H]1C[C@@H]2CN(C(=S)N[C@H]2C[C@H]3CC[C@@H]2C3)C1. The second-order valence-corrected chi connectivity index (χ2v) is 8.72. The molecule has 0 unspecified atom stereocenters. The fourth-order valence-corrected chi connectivity index (χ4v) is 6.03. The fourth-order valence-electron chi connectivity index (χ4n) is 5.73. The topological polar surface area (TPSA) is 37.3 Å². The Balaban J connectivity index is 1.31. The summed E-state index contributed by atoms with van der Waals surface area (Å²) in [5.41, 5.74) is 1.35. The molecule has 0 spiro atoms. The summed E-state index contributed by atoms with van der Waals surface area (Å²) in [5.74, 6) is 2.76. The van der Waals surface area contributed by atoms with Crippen LogP contribution in [0.4, 0.5) is 0 Å². The van der Waals surface area contributed by atoms with Gasteiger partial charge in [0.15, 0.2) is 5.11 Å². The summed E-state index contributed by atoms with van der Waals surface area (Å²) in [4.78, 5) is 14.5. The van der Waals surface area contributed by atoms with Gasteiger partial charge in [-0.25, -0.2) is 0 Å². The predicted molar refractivity (Wildman–Crippen MR) is 98.1 cm³/mol. The highest BCUT2D eigenvalue weighted by atomic mass is 32.1. The van der Waals surface area contributed by atoms with Gasteiger partial charge in [-0.05, 0) is 61.7 Å². The van der Waals surface area contributed by atoms with Crippen LogP contribution in [-0.2, 0) is 6.54 Å². The summed E-state index contributed by atoms with van der Waals surface area (Å²) in [6, 6.07) is 6.31. The van der Waals surface area contributed by atoms with Crippen molar-refractivity contribution in [3.05, 3.63) is 34.2 Å². The molecule has 0 amide bonds. The Labute approximate surface area is 148 Å². The molecular formula is C19H25N3OS. The lowest BCUT2D eigenvalue weighted by Gasteiger charge is -2.44. The van der Waals surface area contributed by atoms with Crippen LogP contribution in [0.5, 0.6) is 0 Å². The minimum Gasteiger partial charge on any atom is -0.360 e. The molecule has 3 fully saturated rings. The summed E-state index contributed by atoms with van der Waals surface area (Å²) < 4.78 is 1.99. The zero-order valence-electron chi connectivity index (χ0n) is 14.0. The Morgan fingerprint density at radius 3 is 2.79 bits per heavy atom. The maximum absolute atomic E-state index is 12.1. The average Bonchev–Trinajstić information content (AvgIpc) is 3.18. The largest absolute Gasteiger partial charge is 0.360 e. The number of nitrogens with one attached hydrogen (secondary N) is 1. The molecule has 4 aliphatic rings. The van der Waals surface area contributed by atoms with E-state index in [9.17, 15) is 4.79 Å². The van der Waals surface area contributed by atoms with Crippen molar-refractivity contribution in [2.75, 3.05) is 13.1 Å². The van der Waals surface area contributed by atoms with Crippen LogP contribution in [0, 0.1) is 17.8 Å². The van der Waals surface area contributed by atoms with Gasteiger partial charge in [-0.1, -0.05) is 12.5 Å². The Bertz CT molecular complexity index is 730. The lowest BCUT2D eigenvalue weighted by atomic mass is 9.83. The summed E-state index contributed by atoms with van der Waals surface area (Å²) in [5, 5.41) is 4.65. The molecule has 0 radical (unpaired) electrons. The predicted octanol–water partition coefficient (Wildman–Crippen LogP) is 2.33. The normalized spacial score (nSPS) is 36.5. The first-order valence-electron chi connectivity index (χ1n) is 9.42. The number of nitrogens with zero attached hydrogens (tertiary/aromatic N) is 2. The van der Waals surface area contributed by atoms with Crippen molar-refractivity contribution in [1.29, 1.82) is 0 Å². The minimum atomic E-state index is 0.151. The van der Waals surface area contributed by atoms with Gasteiger partial charge in [-0.3, -0.25) is 4.79 Å². The molecule has 4 nitrogen and oxygen atoms in total. The van der Waals surface area contributed by atoms with Gasteiger partial charge in [0.25, 0.3) is 5.56 Å². The quantitative estimate of drug-likeness (QED) is 0.794. The van der Waals surface area contributed by atoms with Crippen LogP contribution in [0.25, 0.3) is 0 Å². The Morgan fingerprint density at radius 1 is 1.08 bits per heavy atom. The minimum absolute atomic E-state index is 0.151. The van der Waals surface area contributed by atoms with E-state index in [1.807, 2.05) is 10.6 Å². The number of piperidine rings is 1. The molecule has 1 aromatic rings. The maximum Gasteiger partial charge on any atom is 0.250 e. The lowest BCUT2D eigenvalue weighted by Crippen LogP contribution is -2.54. The number of pyridine rings is 1. The second-order valence-electron chi connectivity index (χ2n) is 8.33. The molecule has 0 aromatic carbocycles. The van der Waals surface area contributed by atoms with Gasteiger partial charge < -0.3 is 14.8 Å². The van der Waals surface area contributed by atoms with Gasteiger partial charge in [0, 0.05) is 43.4 Å². The third-order valence-corrected chi connectivity index (χ3v) is 7.19. The van der Waals surface area contributed by atoms with Crippen molar-refractivity contribution in [2.45, 2.75) is 50.6 Å². The van der Waals surface area contributed by atoms with Crippen molar-refractivity contribution in [2.24, 2.45) is 17.8 Å². The highest BCUT2D eigenvalue weighted by molar-refractivity contribution is 7.80. The van der Waals surface area contributed by atoms with Crippen LogP contribution >= 0.6 is 12.2 Å². The molecule has 4 bridgehead atoms. The van der Waals surface area contributed by atoms with Crippen LogP contribution in [0.2, 0.25) is 0 Å². The average molecular weight is 343 g/mol. The molecule has 1 N–H and O–H groups in total. The number of aromatic nitrogens is 1. The molecule has 5 heteroatoms. The third kappa shape index (κ3) is 2.40. The van der Waals surface area contributed by atoms with E-state index in [-0.39, 0.29) is 5.56 Å². The number of likely N-dealkylation sites (tertiary alicyclic amines) is 1. The molecule has 5 rings (SSSR count). The summed E-state index contributed by atoms with van der Waals surface area (Å²) in [6.07, 6.45) is 6.71. The van der Waals surface area contributed by atoms with Crippen molar-refractivity contribution in [1.82, 2.24) is 14.8 Å². The molecule has 24 heavy (non-hydrogen) atoms. The maximum atomic E-state index is 12.1. The van der Waals surface area contributed by atoms with Crippen molar-refractivity contribution < 1.29 is 0 Å². The van der Waals surface area contributed by atoms with Crippen molar-refractivity contribution in [3.8, 4) is 0 Å². The monoisotopic (exact) mass is 343 g/mol. The van der Waals surface area contributed by atoms with Gasteiger partial charge in [0.05, 0.1) is 0 Å². The summed E-state index contributed by atoms with van der Waals surface area (Å²) >= 11 is 5.77. The number of rotatable bonds is 1. The molecule has 2 aliphatic carbocycles. The smallest absolute Gasteiger partial charge is 0.250 e. The highest BCUT2D eigenvalue weighted by Gasteiger charge is 2.41. The van der Waals surface area contributed by atoms with E-state index >= 15 is 0 Å². The van der Waals surface area contributed by atoms with Crippen LogP contribution in [0.3, 0.4) is 0 Å². The van der Waals surface area contributed by atoms with Gasteiger partial charge in [0.2, 0.25) is 0 Å². The van der Waals surface area contributed by atoms with Crippen molar-refractivity contribution >= 4 is 17.3 Å².